The van der Waals surface area contributed by atoms with Crippen LogP contribution in [0.15, 0.2) is 28.2 Å². The molecule has 0 spiro atoms. The maximum Gasteiger partial charge on any atom is 0.188 e. The Morgan fingerprint density at radius 2 is 2.05 bits per heavy atom. The SMILES string of the molecule is COCOc1ccc(C(C)(C)C)cc1-c1nc(Br)cs1. The fraction of sp³-hybridized carbons (Fsp3) is 0.400. The summed E-state index contributed by atoms with van der Waals surface area (Å²) in [6.07, 6.45) is 0. The summed E-state index contributed by atoms with van der Waals surface area (Å²) >= 11 is 4.99. The summed E-state index contributed by atoms with van der Waals surface area (Å²) < 4.78 is 11.5. The number of thiazole rings is 1. The molecule has 0 N–H and O–H groups in total. The zero-order valence-electron chi connectivity index (χ0n) is 12.1. The van der Waals surface area contributed by atoms with Crippen LogP contribution in [0.4, 0.5) is 0 Å². The number of nitrogens with zero attached hydrogens (tertiary/aromatic N) is 1. The van der Waals surface area contributed by atoms with E-state index in [2.05, 4.69) is 53.8 Å². The molecule has 20 heavy (non-hydrogen) atoms. The minimum atomic E-state index is 0.0863. The molecule has 0 aliphatic rings. The van der Waals surface area contributed by atoms with Crippen LogP contribution in [0, 0.1) is 0 Å². The van der Waals surface area contributed by atoms with E-state index in [4.69, 9.17) is 9.47 Å². The molecule has 2 rings (SSSR count). The molecule has 0 saturated carbocycles. The number of hydrogen-bond acceptors (Lipinski definition) is 4. The lowest BCUT2D eigenvalue weighted by atomic mass is 9.86. The van der Waals surface area contributed by atoms with Gasteiger partial charge in [0.15, 0.2) is 6.79 Å². The van der Waals surface area contributed by atoms with E-state index < -0.39 is 0 Å². The smallest absolute Gasteiger partial charge is 0.188 e. The van der Waals surface area contributed by atoms with Crippen LogP contribution in [-0.4, -0.2) is 18.9 Å². The van der Waals surface area contributed by atoms with Gasteiger partial charge in [0.25, 0.3) is 0 Å². The Balaban J connectivity index is 2.48. The molecule has 2 aromatic rings. The van der Waals surface area contributed by atoms with Gasteiger partial charge in [-0.15, -0.1) is 11.3 Å². The predicted octanol–water partition coefficient (Wildman–Crippen LogP) is 4.85. The van der Waals surface area contributed by atoms with E-state index in [1.54, 1.807) is 18.4 Å². The molecule has 0 fully saturated rings. The van der Waals surface area contributed by atoms with Gasteiger partial charge in [-0.3, -0.25) is 0 Å². The molecular formula is C15H18BrNO2S. The van der Waals surface area contributed by atoms with Crippen molar-refractivity contribution in [1.29, 1.82) is 0 Å². The highest BCUT2D eigenvalue weighted by Gasteiger charge is 2.18. The van der Waals surface area contributed by atoms with Crippen molar-refractivity contribution < 1.29 is 9.47 Å². The van der Waals surface area contributed by atoms with Gasteiger partial charge in [-0.2, -0.15) is 0 Å². The maximum absolute atomic E-state index is 5.65. The Bertz CT molecular complexity index is 590. The van der Waals surface area contributed by atoms with Crippen LogP contribution in [0.25, 0.3) is 10.6 Å². The predicted molar refractivity (Wildman–Crippen MR) is 86.5 cm³/mol. The van der Waals surface area contributed by atoms with E-state index >= 15 is 0 Å². The van der Waals surface area contributed by atoms with Crippen LogP contribution in [-0.2, 0) is 10.2 Å². The fourth-order valence-corrected chi connectivity index (χ4v) is 3.06. The number of hydrogen-bond donors (Lipinski definition) is 0. The van der Waals surface area contributed by atoms with E-state index in [9.17, 15) is 0 Å². The number of halogens is 1. The zero-order chi connectivity index (χ0) is 14.8. The van der Waals surface area contributed by atoms with Crippen molar-refractivity contribution in [2.24, 2.45) is 0 Å². The Morgan fingerprint density at radius 1 is 1.30 bits per heavy atom. The summed E-state index contributed by atoms with van der Waals surface area (Å²) in [5.74, 6) is 0.793. The van der Waals surface area contributed by atoms with Crippen LogP contribution < -0.4 is 4.74 Å². The highest BCUT2D eigenvalue weighted by atomic mass is 79.9. The van der Waals surface area contributed by atoms with Crippen molar-refractivity contribution >= 4 is 27.3 Å². The van der Waals surface area contributed by atoms with Gasteiger partial charge in [0.2, 0.25) is 0 Å². The molecule has 0 saturated heterocycles. The fourth-order valence-electron chi connectivity index (χ4n) is 1.79. The summed E-state index contributed by atoms with van der Waals surface area (Å²) in [6, 6.07) is 6.23. The average Bonchev–Trinajstić information content (AvgIpc) is 2.81. The zero-order valence-corrected chi connectivity index (χ0v) is 14.5. The third-order valence-corrected chi connectivity index (χ3v) is 4.47. The van der Waals surface area contributed by atoms with Gasteiger partial charge in [-0.05, 0) is 39.0 Å². The lowest BCUT2D eigenvalue weighted by Crippen LogP contribution is -2.11. The van der Waals surface area contributed by atoms with Gasteiger partial charge in [0, 0.05) is 12.5 Å². The minimum Gasteiger partial charge on any atom is -0.467 e. The first-order valence-corrected chi connectivity index (χ1v) is 7.97. The van der Waals surface area contributed by atoms with E-state index in [1.807, 2.05) is 11.4 Å². The van der Waals surface area contributed by atoms with Gasteiger partial charge >= 0.3 is 0 Å². The molecule has 1 aromatic heterocycles. The lowest BCUT2D eigenvalue weighted by Gasteiger charge is -2.21. The summed E-state index contributed by atoms with van der Waals surface area (Å²) in [5, 5.41) is 2.91. The Labute approximate surface area is 132 Å². The summed E-state index contributed by atoms with van der Waals surface area (Å²) in [5.41, 5.74) is 2.34. The van der Waals surface area contributed by atoms with Gasteiger partial charge in [-0.25, -0.2) is 4.98 Å². The van der Waals surface area contributed by atoms with E-state index in [-0.39, 0.29) is 12.2 Å². The number of aromatic nitrogens is 1. The molecule has 108 valence electrons. The number of methoxy groups -OCH3 is 1. The van der Waals surface area contributed by atoms with Crippen molar-refractivity contribution in [2.75, 3.05) is 13.9 Å². The topological polar surface area (TPSA) is 31.4 Å². The number of benzene rings is 1. The summed E-state index contributed by atoms with van der Waals surface area (Å²) in [6.45, 7) is 6.81. The summed E-state index contributed by atoms with van der Waals surface area (Å²) in [4.78, 5) is 4.49. The molecule has 1 heterocycles. The first kappa shape index (κ1) is 15.5. The third kappa shape index (κ3) is 3.59. The Kier molecular flexibility index (Phi) is 4.83. The number of ether oxygens (including phenoxy) is 2. The van der Waals surface area contributed by atoms with Crippen LogP contribution in [0.2, 0.25) is 0 Å². The molecule has 0 radical (unpaired) electrons. The van der Waals surface area contributed by atoms with Crippen LogP contribution in [0.1, 0.15) is 26.3 Å². The first-order valence-electron chi connectivity index (χ1n) is 6.29. The van der Waals surface area contributed by atoms with Gasteiger partial charge in [0.05, 0.1) is 5.56 Å². The normalized spacial score (nSPS) is 11.7. The summed E-state index contributed by atoms with van der Waals surface area (Å²) in [7, 11) is 1.61. The van der Waals surface area contributed by atoms with Crippen molar-refractivity contribution in [1.82, 2.24) is 4.98 Å². The molecule has 1 aromatic carbocycles. The largest absolute Gasteiger partial charge is 0.467 e. The Hall–Kier alpha value is -0.910. The first-order chi connectivity index (χ1) is 9.41. The third-order valence-electron chi connectivity index (χ3n) is 2.88. The second-order valence-electron chi connectivity index (χ2n) is 5.49. The van der Waals surface area contributed by atoms with Crippen molar-refractivity contribution in [3.05, 3.63) is 33.7 Å². The molecule has 0 unspecified atom stereocenters. The van der Waals surface area contributed by atoms with Crippen molar-refractivity contribution in [3.8, 4) is 16.3 Å². The highest BCUT2D eigenvalue weighted by molar-refractivity contribution is 9.10. The maximum atomic E-state index is 5.65. The minimum absolute atomic E-state index is 0.0863. The second kappa shape index (κ2) is 6.24. The van der Waals surface area contributed by atoms with Crippen molar-refractivity contribution in [3.63, 3.8) is 0 Å². The molecule has 0 bridgehead atoms. The quantitative estimate of drug-likeness (QED) is 0.734. The van der Waals surface area contributed by atoms with Crippen LogP contribution in [0.5, 0.6) is 5.75 Å². The lowest BCUT2D eigenvalue weighted by molar-refractivity contribution is 0.0515. The molecule has 0 aliphatic carbocycles. The Morgan fingerprint density at radius 3 is 2.60 bits per heavy atom. The van der Waals surface area contributed by atoms with Gasteiger partial charge in [0.1, 0.15) is 15.4 Å². The molecule has 0 atom stereocenters. The van der Waals surface area contributed by atoms with Crippen LogP contribution in [0.3, 0.4) is 0 Å². The average molecular weight is 356 g/mol. The molecule has 5 heteroatoms. The van der Waals surface area contributed by atoms with E-state index in [0.717, 1.165) is 20.9 Å². The standard InChI is InChI=1S/C15H18BrNO2S/c1-15(2,3)10-5-6-12(19-9-18-4)11(7-10)14-17-13(16)8-20-14/h5-8H,9H2,1-4H3. The monoisotopic (exact) mass is 355 g/mol. The molecule has 3 nitrogen and oxygen atoms in total. The second-order valence-corrected chi connectivity index (χ2v) is 7.16. The molecule has 0 aliphatic heterocycles. The highest BCUT2D eigenvalue weighted by Crippen LogP contribution is 2.37. The van der Waals surface area contributed by atoms with Crippen molar-refractivity contribution in [2.45, 2.75) is 26.2 Å². The van der Waals surface area contributed by atoms with E-state index in [1.165, 1.54) is 5.56 Å². The van der Waals surface area contributed by atoms with E-state index in [0.29, 0.717) is 0 Å². The van der Waals surface area contributed by atoms with Gasteiger partial charge < -0.3 is 9.47 Å². The number of rotatable bonds is 4. The molecular weight excluding hydrogens is 338 g/mol. The van der Waals surface area contributed by atoms with Crippen LogP contribution >= 0.6 is 27.3 Å². The molecule has 0 amide bonds. The van der Waals surface area contributed by atoms with Gasteiger partial charge in [-0.1, -0.05) is 26.8 Å².